The average molecular weight is 421 g/mol. The molecule has 3 aromatic rings. The van der Waals surface area contributed by atoms with E-state index in [4.69, 9.17) is 9.47 Å². The molecule has 152 valence electrons. The largest absolute Gasteiger partial charge is 0.493 e. The van der Waals surface area contributed by atoms with E-state index in [0.717, 1.165) is 11.3 Å². The van der Waals surface area contributed by atoms with E-state index < -0.39 is 4.92 Å². The molecule has 0 bridgehead atoms. The number of nitriles is 1. The zero-order valence-corrected chi connectivity index (χ0v) is 17.3. The summed E-state index contributed by atoms with van der Waals surface area (Å²) in [4.78, 5) is 15.6. The molecule has 0 amide bonds. The summed E-state index contributed by atoms with van der Waals surface area (Å²) in [5, 5.41) is 23.6. The van der Waals surface area contributed by atoms with Crippen molar-refractivity contribution in [2.75, 3.05) is 13.7 Å². The van der Waals surface area contributed by atoms with E-state index in [1.54, 1.807) is 12.1 Å². The quantitative estimate of drug-likeness (QED) is 0.267. The Labute approximate surface area is 178 Å². The summed E-state index contributed by atoms with van der Waals surface area (Å²) in [6.07, 6.45) is 2.26. The van der Waals surface area contributed by atoms with Crippen LogP contribution in [-0.2, 0) is 0 Å². The molecule has 1 heterocycles. The van der Waals surface area contributed by atoms with Crippen molar-refractivity contribution in [1.29, 1.82) is 5.26 Å². The van der Waals surface area contributed by atoms with Crippen molar-refractivity contribution in [3.05, 3.63) is 68.5 Å². The van der Waals surface area contributed by atoms with Gasteiger partial charge in [-0.15, -0.1) is 11.3 Å². The first kappa shape index (κ1) is 21.0. The van der Waals surface area contributed by atoms with Gasteiger partial charge >= 0.3 is 5.69 Å². The fourth-order valence-corrected chi connectivity index (χ4v) is 3.57. The van der Waals surface area contributed by atoms with Gasteiger partial charge in [0.2, 0.25) is 5.75 Å². The number of allylic oxidation sites excluding steroid dienone is 1. The number of nitro benzene ring substituents is 1. The summed E-state index contributed by atoms with van der Waals surface area (Å²) < 4.78 is 10.8. The normalized spacial score (nSPS) is 11.0. The zero-order valence-electron chi connectivity index (χ0n) is 16.5. The highest BCUT2D eigenvalue weighted by atomic mass is 32.1. The number of hydrogen-bond donors (Lipinski definition) is 0. The van der Waals surface area contributed by atoms with E-state index in [0.29, 0.717) is 29.2 Å². The van der Waals surface area contributed by atoms with E-state index in [1.165, 1.54) is 24.5 Å². The maximum atomic E-state index is 11.6. The first-order chi connectivity index (χ1) is 14.6. The summed E-state index contributed by atoms with van der Waals surface area (Å²) in [5.74, 6) is 0.325. The van der Waals surface area contributed by atoms with Crippen LogP contribution in [0.2, 0.25) is 0 Å². The summed E-state index contributed by atoms with van der Waals surface area (Å²) in [6.45, 7) is 2.24. The Balaban J connectivity index is 2.02. The maximum absolute atomic E-state index is 11.6. The molecule has 0 atom stereocenters. The van der Waals surface area contributed by atoms with E-state index in [-0.39, 0.29) is 17.2 Å². The van der Waals surface area contributed by atoms with Crippen LogP contribution in [-0.4, -0.2) is 23.6 Å². The number of nitro groups is 1. The van der Waals surface area contributed by atoms with E-state index in [9.17, 15) is 15.4 Å². The minimum absolute atomic E-state index is 0.0839. The number of thiazole rings is 1. The second-order valence-electron chi connectivity index (χ2n) is 6.25. The van der Waals surface area contributed by atoms with Crippen LogP contribution < -0.4 is 9.47 Å². The van der Waals surface area contributed by atoms with Gasteiger partial charge in [-0.05, 0) is 24.1 Å². The number of aromatic nitrogens is 1. The lowest BCUT2D eigenvalue weighted by Gasteiger charge is -2.11. The van der Waals surface area contributed by atoms with Crippen molar-refractivity contribution in [2.45, 2.75) is 13.3 Å². The molecule has 0 unspecified atom stereocenters. The Bertz CT molecular complexity index is 1120. The van der Waals surface area contributed by atoms with Crippen LogP contribution in [0.4, 0.5) is 5.69 Å². The van der Waals surface area contributed by atoms with Crippen molar-refractivity contribution >= 4 is 28.7 Å². The van der Waals surface area contributed by atoms with Gasteiger partial charge in [0.15, 0.2) is 5.75 Å². The minimum atomic E-state index is -0.520. The summed E-state index contributed by atoms with van der Waals surface area (Å²) in [7, 11) is 1.42. The Hall–Kier alpha value is -3.70. The van der Waals surface area contributed by atoms with Crippen molar-refractivity contribution < 1.29 is 14.4 Å². The molecule has 0 radical (unpaired) electrons. The Kier molecular flexibility index (Phi) is 6.78. The Morgan fingerprint density at radius 3 is 2.73 bits per heavy atom. The predicted molar refractivity (Wildman–Crippen MR) is 116 cm³/mol. The topological polar surface area (TPSA) is 98.3 Å². The van der Waals surface area contributed by atoms with Gasteiger partial charge < -0.3 is 9.47 Å². The second-order valence-corrected chi connectivity index (χ2v) is 7.11. The van der Waals surface area contributed by atoms with Gasteiger partial charge in [-0.2, -0.15) is 5.26 Å². The third-order valence-electron chi connectivity index (χ3n) is 4.16. The van der Waals surface area contributed by atoms with E-state index in [2.05, 4.69) is 11.1 Å². The second kappa shape index (κ2) is 9.67. The third-order valence-corrected chi connectivity index (χ3v) is 5.04. The Morgan fingerprint density at radius 2 is 2.10 bits per heavy atom. The Morgan fingerprint density at radius 1 is 1.33 bits per heavy atom. The highest BCUT2D eigenvalue weighted by Gasteiger charge is 2.22. The van der Waals surface area contributed by atoms with Gasteiger partial charge in [0.25, 0.3) is 0 Å². The molecule has 8 heteroatoms. The lowest BCUT2D eigenvalue weighted by molar-refractivity contribution is -0.386. The van der Waals surface area contributed by atoms with Crippen LogP contribution in [0.1, 0.15) is 23.9 Å². The van der Waals surface area contributed by atoms with Crippen molar-refractivity contribution in [3.63, 3.8) is 0 Å². The molecular weight excluding hydrogens is 402 g/mol. The number of rotatable bonds is 8. The van der Waals surface area contributed by atoms with Gasteiger partial charge in [-0.3, -0.25) is 10.1 Å². The molecule has 2 aromatic carbocycles. The van der Waals surface area contributed by atoms with Crippen LogP contribution in [0.25, 0.3) is 22.9 Å². The highest BCUT2D eigenvalue weighted by molar-refractivity contribution is 7.11. The summed E-state index contributed by atoms with van der Waals surface area (Å²) >= 11 is 1.34. The van der Waals surface area contributed by atoms with Gasteiger partial charge in [-0.25, -0.2) is 4.98 Å². The van der Waals surface area contributed by atoms with Crippen LogP contribution in [0.5, 0.6) is 11.5 Å². The number of benzene rings is 2. The lowest BCUT2D eigenvalue weighted by Crippen LogP contribution is -2.02. The molecule has 0 spiro atoms. The van der Waals surface area contributed by atoms with Crippen LogP contribution in [0, 0.1) is 21.4 Å². The van der Waals surface area contributed by atoms with Gasteiger partial charge in [0.1, 0.15) is 11.1 Å². The third kappa shape index (κ3) is 4.64. The molecule has 0 aliphatic heterocycles. The fourth-order valence-electron chi connectivity index (χ4n) is 2.78. The summed E-state index contributed by atoms with van der Waals surface area (Å²) in [6, 6.07) is 14.8. The van der Waals surface area contributed by atoms with E-state index in [1.807, 2.05) is 42.6 Å². The van der Waals surface area contributed by atoms with Crippen molar-refractivity contribution in [1.82, 2.24) is 4.98 Å². The molecular formula is C22H19N3O4S. The summed E-state index contributed by atoms with van der Waals surface area (Å²) in [5.41, 5.74) is 2.27. The molecule has 1 aromatic heterocycles. The standard InChI is InChI=1S/C22H19N3O4S/c1-3-9-29-21-19(25(26)27)11-15(12-20(21)28-2)10-17(13-23)22-24-18(14-30-22)16-7-5-4-6-8-16/h4-8,10-12,14H,3,9H2,1-2H3/b17-10-. The molecule has 7 nitrogen and oxygen atoms in total. The number of methoxy groups -OCH3 is 1. The number of hydrogen-bond acceptors (Lipinski definition) is 7. The zero-order chi connectivity index (χ0) is 21.5. The maximum Gasteiger partial charge on any atom is 0.315 e. The van der Waals surface area contributed by atoms with Gasteiger partial charge in [0, 0.05) is 17.0 Å². The predicted octanol–water partition coefficient (Wildman–Crippen LogP) is 5.58. The average Bonchev–Trinajstić information content (AvgIpc) is 3.26. The van der Waals surface area contributed by atoms with Crippen LogP contribution in [0.15, 0.2) is 47.8 Å². The number of ether oxygens (including phenoxy) is 2. The van der Waals surface area contributed by atoms with Gasteiger partial charge in [0.05, 0.1) is 29.9 Å². The van der Waals surface area contributed by atoms with E-state index >= 15 is 0 Å². The molecule has 3 rings (SSSR count). The molecule has 0 N–H and O–H groups in total. The molecule has 0 aliphatic rings. The van der Waals surface area contributed by atoms with Gasteiger partial charge in [-0.1, -0.05) is 37.3 Å². The molecule has 0 aliphatic carbocycles. The molecule has 0 fully saturated rings. The van der Waals surface area contributed by atoms with Crippen molar-refractivity contribution in [3.8, 4) is 28.8 Å². The van der Waals surface area contributed by atoms with Crippen LogP contribution >= 0.6 is 11.3 Å². The SMILES string of the molecule is CCCOc1c(OC)cc(/C=C(/C#N)c2nc(-c3ccccc3)cs2)cc1[N+](=O)[O-]. The first-order valence-corrected chi connectivity index (χ1v) is 10.1. The monoisotopic (exact) mass is 421 g/mol. The number of nitrogens with zero attached hydrogens (tertiary/aromatic N) is 3. The molecule has 30 heavy (non-hydrogen) atoms. The lowest BCUT2D eigenvalue weighted by atomic mass is 10.1. The highest BCUT2D eigenvalue weighted by Crippen LogP contribution is 2.39. The van der Waals surface area contributed by atoms with Crippen LogP contribution in [0.3, 0.4) is 0 Å². The smallest absolute Gasteiger partial charge is 0.315 e. The molecule has 0 saturated carbocycles. The minimum Gasteiger partial charge on any atom is -0.493 e. The first-order valence-electron chi connectivity index (χ1n) is 9.19. The fraction of sp³-hybridized carbons (Fsp3) is 0.182. The molecule has 0 saturated heterocycles. The van der Waals surface area contributed by atoms with Crippen molar-refractivity contribution in [2.24, 2.45) is 0 Å².